The maximum Gasteiger partial charge on any atom is 0.322 e. The van der Waals surface area contributed by atoms with Crippen molar-refractivity contribution in [2.24, 2.45) is 5.92 Å². The zero-order valence-corrected chi connectivity index (χ0v) is 12.1. The number of carbonyl (C=O) groups is 1. The SMILES string of the molecule is CC(C)Oc1cccc(NC(=O)N2C[C@@H]3CC[C@@H]2C3)c1. The molecule has 1 saturated heterocycles. The maximum absolute atomic E-state index is 12.3. The van der Waals surface area contributed by atoms with Gasteiger partial charge >= 0.3 is 6.03 Å². The van der Waals surface area contributed by atoms with Crippen molar-refractivity contribution < 1.29 is 9.53 Å². The van der Waals surface area contributed by atoms with Crippen molar-refractivity contribution in [1.29, 1.82) is 0 Å². The molecular formula is C16H22N2O2. The van der Waals surface area contributed by atoms with E-state index in [1.54, 1.807) is 0 Å². The van der Waals surface area contributed by atoms with Gasteiger partial charge in [0.25, 0.3) is 0 Å². The van der Waals surface area contributed by atoms with E-state index in [1.807, 2.05) is 43.0 Å². The molecule has 1 aromatic rings. The summed E-state index contributed by atoms with van der Waals surface area (Å²) in [5, 5.41) is 2.99. The predicted octanol–water partition coefficient (Wildman–Crippen LogP) is 3.49. The smallest absolute Gasteiger partial charge is 0.322 e. The van der Waals surface area contributed by atoms with Crippen molar-refractivity contribution >= 4 is 11.7 Å². The third kappa shape index (κ3) is 2.74. The molecule has 1 aliphatic heterocycles. The number of likely N-dealkylation sites (tertiary alicyclic amines) is 1. The van der Waals surface area contributed by atoms with E-state index in [9.17, 15) is 4.79 Å². The van der Waals surface area contributed by atoms with Gasteiger partial charge < -0.3 is 15.0 Å². The van der Waals surface area contributed by atoms with Gasteiger partial charge in [-0.3, -0.25) is 0 Å². The second kappa shape index (κ2) is 5.35. The highest BCUT2D eigenvalue weighted by atomic mass is 16.5. The van der Waals surface area contributed by atoms with Crippen molar-refractivity contribution in [1.82, 2.24) is 4.90 Å². The normalized spacial score (nSPS) is 24.2. The Morgan fingerprint density at radius 1 is 1.40 bits per heavy atom. The molecule has 2 fully saturated rings. The summed E-state index contributed by atoms with van der Waals surface area (Å²) >= 11 is 0. The third-order valence-electron chi connectivity index (χ3n) is 4.13. The number of hydrogen-bond acceptors (Lipinski definition) is 2. The van der Waals surface area contributed by atoms with E-state index in [0.29, 0.717) is 6.04 Å². The van der Waals surface area contributed by atoms with Crippen LogP contribution in [0.3, 0.4) is 0 Å². The highest BCUT2D eigenvalue weighted by Crippen LogP contribution is 2.37. The Labute approximate surface area is 120 Å². The molecule has 0 spiro atoms. The first-order valence-electron chi connectivity index (χ1n) is 7.46. The van der Waals surface area contributed by atoms with Crippen molar-refractivity contribution in [3.05, 3.63) is 24.3 Å². The van der Waals surface area contributed by atoms with Gasteiger partial charge in [-0.15, -0.1) is 0 Å². The Kier molecular flexibility index (Phi) is 3.55. The van der Waals surface area contributed by atoms with Crippen LogP contribution in [0.5, 0.6) is 5.75 Å². The molecule has 1 aromatic carbocycles. The Balaban J connectivity index is 1.64. The average Bonchev–Trinajstić information content (AvgIpc) is 3.00. The molecular weight excluding hydrogens is 252 g/mol. The van der Waals surface area contributed by atoms with Gasteiger partial charge in [0.1, 0.15) is 5.75 Å². The van der Waals surface area contributed by atoms with Crippen molar-refractivity contribution in [2.75, 3.05) is 11.9 Å². The number of benzene rings is 1. The highest BCUT2D eigenvalue weighted by molar-refractivity contribution is 5.90. The number of fused-ring (bicyclic) bond motifs is 2. The molecule has 108 valence electrons. The quantitative estimate of drug-likeness (QED) is 0.916. The van der Waals surface area contributed by atoms with Crippen LogP contribution in [0.1, 0.15) is 33.1 Å². The number of nitrogens with zero attached hydrogens (tertiary/aromatic N) is 1. The zero-order chi connectivity index (χ0) is 14.1. The van der Waals surface area contributed by atoms with Gasteiger partial charge in [-0.2, -0.15) is 0 Å². The minimum Gasteiger partial charge on any atom is -0.491 e. The minimum atomic E-state index is 0.0268. The molecule has 0 radical (unpaired) electrons. The molecule has 20 heavy (non-hydrogen) atoms. The minimum absolute atomic E-state index is 0.0268. The molecule has 1 saturated carbocycles. The Bertz CT molecular complexity index is 501. The summed E-state index contributed by atoms with van der Waals surface area (Å²) in [6, 6.07) is 8.08. The van der Waals surface area contributed by atoms with Crippen LogP contribution < -0.4 is 10.1 Å². The highest BCUT2D eigenvalue weighted by Gasteiger charge is 2.40. The number of hydrogen-bond donors (Lipinski definition) is 1. The lowest BCUT2D eigenvalue weighted by Crippen LogP contribution is -2.40. The molecule has 2 amide bonds. The zero-order valence-electron chi connectivity index (χ0n) is 12.1. The van der Waals surface area contributed by atoms with E-state index in [1.165, 1.54) is 12.8 Å². The summed E-state index contributed by atoms with van der Waals surface area (Å²) in [4.78, 5) is 14.3. The maximum atomic E-state index is 12.3. The summed E-state index contributed by atoms with van der Waals surface area (Å²) < 4.78 is 5.65. The second-order valence-corrected chi connectivity index (χ2v) is 6.11. The lowest BCUT2D eigenvalue weighted by Gasteiger charge is -2.27. The van der Waals surface area contributed by atoms with E-state index in [4.69, 9.17) is 4.74 Å². The van der Waals surface area contributed by atoms with Crippen LogP contribution in [-0.2, 0) is 0 Å². The molecule has 2 atom stereocenters. The first-order valence-corrected chi connectivity index (χ1v) is 7.46. The number of carbonyl (C=O) groups excluding carboxylic acids is 1. The van der Waals surface area contributed by atoms with Gasteiger partial charge in [-0.05, 0) is 51.2 Å². The fourth-order valence-corrected chi connectivity index (χ4v) is 3.29. The molecule has 2 bridgehead atoms. The Morgan fingerprint density at radius 2 is 2.25 bits per heavy atom. The molecule has 1 heterocycles. The third-order valence-corrected chi connectivity index (χ3v) is 4.13. The van der Waals surface area contributed by atoms with Crippen LogP contribution in [0.15, 0.2) is 24.3 Å². The molecule has 2 aliphatic rings. The van der Waals surface area contributed by atoms with Crippen LogP contribution in [0.4, 0.5) is 10.5 Å². The average molecular weight is 274 g/mol. The topological polar surface area (TPSA) is 41.6 Å². The summed E-state index contributed by atoms with van der Waals surface area (Å²) in [6.45, 7) is 4.90. The van der Waals surface area contributed by atoms with Crippen LogP contribution in [0, 0.1) is 5.92 Å². The number of rotatable bonds is 3. The van der Waals surface area contributed by atoms with E-state index in [-0.39, 0.29) is 12.1 Å². The van der Waals surface area contributed by atoms with Crippen molar-refractivity contribution in [2.45, 2.75) is 45.3 Å². The first kappa shape index (κ1) is 13.3. The van der Waals surface area contributed by atoms with E-state index in [0.717, 1.165) is 30.3 Å². The molecule has 1 N–H and O–H groups in total. The number of anilines is 1. The number of nitrogens with one attached hydrogen (secondary N) is 1. The van der Waals surface area contributed by atoms with Crippen molar-refractivity contribution in [3.8, 4) is 5.75 Å². The fraction of sp³-hybridized carbons (Fsp3) is 0.562. The number of amides is 2. The lowest BCUT2D eigenvalue weighted by molar-refractivity contribution is 0.194. The first-order chi connectivity index (χ1) is 9.61. The van der Waals surface area contributed by atoms with E-state index in [2.05, 4.69) is 5.32 Å². The van der Waals surface area contributed by atoms with Gasteiger partial charge in [0.05, 0.1) is 6.10 Å². The Morgan fingerprint density at radius 3 is 2.90 bits per heavy atom. The van der Waals surface area contributed by atoms with Gasteiger partial charge in [-0.1, -0.05) is 6.07 Å². The van der Waals surface area contributed by atoms with E-state index < -0.39 is 0 Å². The molecule has 3 rings (SSSR count). The van der Waals surface area contributed by atoms with Gasteiger partial charge in [0, 0.05) is 24.3 Å². The largest absolute Gasteiger partial charge is 0.491 e. The fourth-order valence-electron chi connectivity index (χ4n) is 3.29. The summed E-state index contributed by atoms with van der Waals surface area (Å²) in [5.74, 6) is 1.52. The summed E-state index contributed by atoms with van der Waals surface area (Å²) in [6.07, 6.45) is 3.76. The summed E-state index contributed by atoms with van der Waals surface area (Å²) in [7, 11) is 0. The van der Waals surface area contributed by atoms with Crippen LogP contribution in [-0.4, -0.2) is 29.6 Å². The van der Waals surface area contributed by atoms with Gasteiger partial charge in [-0.25, -0.2) is 4.79 Å². The summed E-state index contributed by atoms with van der Waals surface area (Å²) in [5.41, 5.74) is 0.802. The molecule has 4 nitrogen and oxygen atoms in total. The van der Waals surface area contributed by atoms with Gasteiger partial charge in [0.15, 0.2) is 0 Å². The molecule has 0 aromatic heterocycles. The van der Waals surface area contributed by atoms with Crippen LogP contribution >= 0.6 is 0 Å². The van der Waals surface area contributed by atoms with Gasteiger partial charge in [0.2, 0.25) is 0 Å². The molecule has 1 aliphatic carbocycles. The second-order valence-electron chi connectivity index (χ2n) is 6.11. The molecule has 4 heteroatoms. The van der Waals surface area contributed by atoms with Crippen LogP contribution in [0.2, 0.25) is 0 Å². The monoisotopic (exact) mass is 274 g/mol. The van der Waals surface area contributed by atoms with Crippen molar-refractivity contribution in [3.63, 3.8) is 0 Å². The van der Waals surface area contributed by atoms with E-state index >= 15 is 0 Å². The number of piperidine rings is 1. The number of ether oxygens (including phenoxy) is 1. The molecule has 0 unspecified atom stereocenters. The lowest BCUT2D eigenvalue weighted by atomic mass is 10.1. The number of urea groups is 1. The Hall–Kier alpha value is -1.71. The predicted molar refractivity (Wildman–Crippen MR) is 79.1 cm³/mol. The van der Waals surface area contributed by atoms with Crippen LogP contribution in [0.25, 0.3) is 0 Å². The standard InChI is InChI=1S/C16H22N2O2/c1-11(2)20-15-5-3-4-13(9-15)17-16(19)18-10-12-6-7-14(18)8-12/h3-5,9,11-12,14H,6-8,10H2,1-2H3,(H,17,19)/t12-,14-/m1/s1.